The van der Waals surface area contributed by atoms with E-state index in [4.69, 9.17) is 0 Å². The average Bonchev–Trinajstić information content (AvgIpc) is 2.46. The predicted octanol–water partition coefficient (Wildman–Crippen LogP) is 3.70. The lowest BCUT2D eigenvalue weighted by Gasteiger charge is -2.14. The first-order valence-corrected chi connectivity index (χ1v) is 6.67. The molecule has 0 aliphatic carbocycles. The largest absolute Gasteiger partial charge is 0.378 e. The molecule has 1 N–H and O–H groups in total. The maximum Gasteiger partial charge on any atom is 0.0367 e. The van der Waals surface area contributed by atoms with E-state index in [0.29, 0.717) is 6.04 Å². The van der Waals surface area contributed by atoms with Crippen LogP contribution in [0.3, 0.4) is 0 Å². The van der Waals surface area contributed by atoms with Gasteiger partial charge in [0, 0.05) is 25.8 Å². The van der Waals surface area contributed by atoms with E-state index < -0.39 is 0 Å². The van der Waals surface area contributed by atoms with Crippen molar-refractivity contribution < 1.29 is 0 Å². The minimum atomic E-state index is 0.391. The summed E-state index contributed by atoms with van der Waals surface area (Å²) in [6, 6.07) is 17.8. The Morgan fingerprint density at radius 3 is 2.21 bits per heavy atom. The molecule has 0 radical (unpaired) electrons. The van der Waals surface area contributed by atoms with Crippen molar-refractivity contribution in [2.24, 2.45) is 0 Å². The van der Waals surface area contributed by atoms with E-state index in [1.54, 1.807) is 0 Å². The topological polar surface area (TPSA) is 15.3 Å². The standard InChI is InChI=1S/C17H22N2/c1-13(18-2)14-8-10-15(11-9-14)16-6-5-7-17(12-16)19(3)4/h5-13,18H,1-4H3. The molecule has 1 atom stereocenters. The summed E-state index contributed by atoms with van der Waals surface area (Å²) >= 11 is 0. The molecule has 0 spiro atoms. The fourth-order valence-corrected chi connectivity index (χ4v) is 2.09. The molecule has 2 heteroatoms. The van der Waals surface area contributed by atoms with E-state index >= 15 is 0 Å². The van der Waals surface area contributed by atoms with E-state index in [2.05, 4.69) is 79.8 Å². The normalized spacial score (nSPS) is 12.2. The van der Waals surface area contributed by atoms with Crippen LogP contribution < -0.4 is 10.2 Å². The number of nitrogens with one attached hydrogen (secondary N) is 1. The van der Waals surface area contributed by atoms with Crippen molar-refractivity contribution in [3.63, 3.8) is 0 Å². The molecule has 19 heavy (non-hydrogen) atoms. The van der Waals surface area contributed by atoms with Gasteiger partial charge in [-0.25, -0.2) is 0 Å². The van der Waals surface area contributed by atoms with Crippen molar-refractivity contribution in [2.75, 3.05) is 26.0 Å². The molecule has 2 aromatic rings. The van der Waals surface area contributed by atoms with E-state index in [9.17, 15) is 0 Å². The summed E-state index contributed by atoms with van der Waals surface area (Å²) in [5.74, 6) is 0. The second kappa shape index (κ2) is 5.89. The average molecular weight is 254 g/mol. The highest BCUT2D eigenvalue weighted by molar-refractivity contribution is 5.68. The Kier molecular flexibility index (Phi) is 4.23. The molecule has 100 valence electrons. The molecule has 0 amide bonds. The Bertz CT molecular complexity index is 529. The van der Waals surface area contributed by atoms with E-state index in [0.717, 1.165) is 0 Å². The molecule has 0 bridgehead atoms. The van der Waals surface area contributed by atoms with Gasteiger partial charge in [-0.2, -0.15) is 0 Å². The Labute approximate surface area is 116 Å². The van der Waals surface area contributed by atoms with Crippen LogP contribution in [0.2, 0.25) is 0 Å². The minimum absolute atomic E-state index is 0.391. The van der Waals surface area contributed by atoms with E-state index in [1.807, 2.05) is 7.05 Å². The highest BCUT2D eigenvalue weighted by Crippen LogP contribution is 2.25. The number of anilines is 1. The third kappa shape index (κ3) is 3.15. The monoisotopic (exact) mass is 254 g/mol. The van der Waals surface area contributed by atoms with Crippen molar-refractivity contribution in [1.82, 2.24) is 5.32 Å². The number of hydrogen-bond donors (Lipinski definition) is 1. The summed E-state index contributed by atoms with van der Waals surface area (Å²) in [6.45, 7) is 2.17. The van der Waals surface area contributed by atoms with E-state index in [-0.39, 0.29) is 0 Å². The van der Waals surface area contributed by atoms with Crippen molar-refractivity contribution in [1.29, 1.82) is 0 Å². The summed E-state index contributed by atoms with van der Waals surface area (Å²) in [5.41, 5.74) is 5.06. The molecule has 0 saturated heterocycles. The SMILES string of the molecule is CNC(C)c1ccc(-c2cccc(N(C)C)c2)cc1. The highest BCUT2D eigenvalue weighted by Gasteiger charge is 2.04. The lowest BCUT2D eigenvalue weighted by atomic mass is 10.0. The van der Waals surface area contributed by atoms with Gasteiger partial charge in [0.25, 0.3) is 0 Å². The third-order valence-corrected chi connectivity index (χ3v) is 3.54. The first-order valence-electron chi connectivity index (χ1n) is 6.67. The Balaban J connectivity index is 2.29. The van der Waals surface area contributed by atoms with Crippen LogP contribution in [0.1, 0.15) is 18.5 Å². The molecular weight excluding hydrogens is 232 g/mol. The maximum absolute atomic E-state index is 3.26. The minimum Gasteiger partial charge on any atom is -0.378 e. The van der Waals surface area contributed by atoms with Crippen molar-refractivity contribution in [3.8, 4) is 11.1 Å². The Hall–Kier alpha value is -1.80. The Morgan fingerprint density at radius 2 is 1.63 bits per heavy atom. The fraction of sp³-hybridized carbons (Fsp3) is 0.294. The summed E-state index contributed by atoms with van der Waals surface area (Å²) in [4.78, 5) is 2.13. The third-order valence-electron chi connectivity index (χ3n) is 3.54. The van der Waals surface area contributed by atoms with Gasteiger partial charge in [0.1, 0.15) is 0 Å². The molecule has 2 rings (SSSR count). The summed E-state index contributed by atoms with van der Waals surface area (Å²) in [6.07, 6.45) is 0. The van der Waals surface area contributed by atoms with Gasteiger partial charge in [-0.05, 0) is 42.8 Å². The quantitative estimate of drug-likeness (QED) is 0.895. The molecule has 0 aliphatic heterocycles. The van der Waals surface area contributed by atoms with Crippen LogP contribution in [-0.4, -0.2) is 21.1 Å². The molecule has 0 aromatic heterocycles. The smallest absolute Gasteiger partial charge is 0.0367 e. The number of nitrogens with zero attached hydrogens (tertiary/aromatic N) is 1. The highest BCUT2D eigenvalue weighted by atomic mass is 15.1. The van der Waals surface area contributed by atoms with Crippen molar-refractivity contribution in [3.05, 3.63) is 54.1 Å². The molecular formula is C17H22N2. The van der Waals surface area contributed by atoms with Crippen LogP contribution in [0, 0.1) is 0 Å². The van der Waals surface area contributed by atoms with Gasteiger partial charge >= 0.3 is 0 Å². The predicted molar refractivity (Wildman–Crippen MR) is 83.7 cm³/mol. The van der Waals surface area contributed by atoms with Gasteiger partial charge in [-0.15, -0.1) is 0 Å². The second-order valence-electron chi connectivity index (χ2n) is 5.08. The molecule has 0 saturated carbocycles. The first-order chi connectivity index (χ1) is 9.11. The van der Waals surface area contributed by atoms with Crippen molar-refractivity contribution in [2.45, 2.75) is 13.0 Å². The van der Waals surface area contributed by atoms with Crippen molar-refractivity contribution >= 4 is 5.69 Å². The van der Waals surface area contributed by atoms with E-state index in [1.165, 1.54) is 22.4 Å². The van der Waals surface area contributed by atoms with Crippen LogP contribution in [0.15, 0.2) is 48.5 Å². The maximum atomic E-state index is 3.26. The van der Waals surface area contributed by atoms with Gasteiger partial charge in [-0.1, -0.05) is 36.4 Å². The van der Waals surface area contributed by atoms with Crippen LogP contribution in [-0.2, 0) is 0 Å². The van der Waals surface area contributed by atoms with Gasteiger partial charge in [0.05, 0.1) is 0 Å². The first kappa shape index (κ1) is 13.6. The zero-order chi connectivity index (χ0) is 13.8. The van der Waals surface area contributed by atoms with Gasteiger partial charge < -0.3 is 10.2 Å². The van der Waals surface area contributed by atoms with Gasteiger partial charge in [-0.3, -0.25) is 0 Å². The van der Waals surface area contributed by atoms with Gasteiger partial charge in [0.15, 0.2) is 0 Å². The van der Waals surface area contributed by atoms with Crippen LogP contribution in [0.4, 0.5) is 5.69 Å². The number of benzene rings is 2. The van der Waals surface area contributed by atoms with Crippen LogP contribution in [0.25, 0.3) is 11.1 Å². The zero-order valence-corrected chi connectivity index (χ0v) is 12.1. The molecule has 0 fully saturated rings. The van der Waals surface area contributed by atoms with Crippen LogP contribution in [0.5, 0.6) is 0 Å². The molecule has 0 heterocycles. The molecule has 1 unspecified atom stereocenters. The lowest BCUT2D eigenvalue weighted by molar-refractivity contribution is 0.652. The van der Waals surface area contributed by atoms with Gasteiger partial charge in [0.2, 0.25) is 0 Å². The zero-order valence-electron chi connectivity index (χ0n) is 12.1. The van der Waals surface area contributed by atoms with Crippen LogP contribution >= 0.6 is 0 Å². The molecule has 0 aliphatic rings. The summed E-state index contributed by atoms with van der Waals surface area (Å²) < 4.78 is 0. The summed E-state index contributed by atoms with van der Waals surface area (Å²) in [5, 5.41) is 3.26. The fourth-order valence-electron chi connectivity index (χ4n) is 2.09. The molecule has 2 nitrogen and oxygen atoms in total. The number of hydrogen-bond acceptors (Lipinski definition) is 2. The second-order valence-corrected chi connectivity index (χ2v) is 5.08. The Morgan fingerprint density at radius 1 is 0.947 bits per heavy atom. The number of rotatable bonds is 4. The lowest BCUT2D eigenvalue weighted by Crippen LogP contribution is -2.11. The summed E-state index contributed by atoms with van der Waals surface area (Å²) in [7, 11) is 6.12. The molecule has 2 aromatic carbocycles.